The molecule has 32 heavy (non-hydrogen) atoms. The molecule has 0 atom stereocenters. The maximum Gasteiger partial charge on any atom is 0.306 e. The van der Waals surface area contributed by atoms with Gasteiger partial charge in [-0.2, -0.15) is 0 Å². The molecule has 168 valence electrons. The van der Waals surface area contributed by atoms with Crippen molar-refractivity contribution in [3.63, 3.8) is 0 Å². The van der Waals surface area contributed by atoms with Crippen LogP contribution in [0.3, 0.4) is 0 Å². The third kappa shape index (κ3) is 7.31. The van der Waals surface area contributed by atoms with Crippen LogP contribution in [0.2, 0.25) is 0 Å². The van der Waals surface area contributed by atoms with Crippen molar-refractivity contribution >= 4 is 15.8 Å². The van der Waals surface area contributed by atoms with Crippen LogP contribution in [0.4, 0.5) is 0 Å². The molecule has 0 fully saturated rings. The highest BCUT2D eigenvalue weighted by molar-refractivity contribution is 7.91. The molecule has 0 bridgehead atoms. The van der Waals surface area contributed by atoms with Gasteiger partial charge in [-0.25, -0.2) is 8.42 Å². The zero-order valence-corrected chi connectivity index (χ0v) is 19.2. The zero-order chi connectivity index (χ0) is 22.8. The third-order valence-electron chi connectivity index (χ3n) is 5.15. The number of esters is 1. The lowest BCUT2D eigenvalue weighted by atomic mass is 9.96. The number of aryl methyl sites for hydroxylation is 2. The molecule has 0 radical (unpaired) electrons. The van der Waals surface area contributed by atoms with Gasteiger partial charge in [0.25, 0.3) is 0 Å². The molecule has 0 spiro atoms. The number of hydrogen-bond donors (Lipinski definition) is 0. The summed E-state index contributed by atoms with van der Waals surface area (Å²) in [7, 11) is -3.30. The monoisotopic (exact) mass is 451 g/mol. The summed E-state index contributed by atoms with van der Waals surface area (Å²) < 4.78 is 30.2. The molecule has 3 rings (SSSR count). The third-order valence-corrected chi connectivity index (χ3v) is 6.96. The highest BCUT2D eigenvalue weighted by Crippen LogP contribution is 2.19. The second-order valence-electron chi connectivity index (χ2n) is 7.74. The van der Waals surface area contributed by atoms with E-state index in [1.165, 1.54) is 0 Å². The van der Waals surface area contributed by atoms with Crippen molar-refractivity contribution in [1.29, 1.82) is 0 Å². The highest BCUT2D eigenvalue weighted by Gasteiger charge is 2.14. The molecule has 0 amide bonds. The highest BCUT2D eigenvalue weighted by atomic mass is 32.2. The first-order valence-electron chi connectivity index (χ1n) is 10.9. The Bertz CT molecular complexity index is 1110. The number of rotatable bonds is 11. The Labute approximate surface area is 190 Å². The van der Waals surface area contributed by atoms with E-state index in [1.54, 1.807) is 37.4 Å². The van der Waals surface area contributed by atoms with Crippen molar-refractivity contribution in [2.24, 2.45) is 0 Å². The van der Waals surface area contributed by atoms with Crippen LogP contribution in [-0.4, -0.2) is 31.7 Å². The van der Waals surface area contributed by atoms with Gasteiger partial charge in [0.15, 0.2) is 9.84 Å². The van der Waals surface area contributed by atoms with E-state index in [2.05, 4.69) is 23.2 Å². The Morgan fingerprint density at radius 2 is 1.62 bits per heavy atom. The second kappa shape index (κ2) is 11.6. The molecule has 0 saturated heterocycles. The Morgan fingerprint density at radius 1 is 0.906 bits per heavy atom. The molecule has 0 saturated carbocycles. The van der Waals surface area contributed by atoms with Gasteiger partial charge in [-0.15, -0.1) is 0 Å². The first kappa shape index (κ1) is 23.7. The van der Waals surface area contributed by atoms with E-state index >= 15 is 0 Å². The number of aromatic nitrogens is 1. The summed E-state index contributed by atoms with van der Waals surface area (Å²) in [5, 5.41) is 0. The lowest BCUT2D eigenvalue weighted by Crippen LogP contribution is -2.08. The van der Waals surface area contributed by atoms with E-state index in [1.807, 2.05) is 24.4 Å². The number of hydrogen-bond acceptors (Lipinski definition) is 5. The standard InChI is InChI=1S/C26H29NO4S/c1-2-31-26(28)13-12-22-16-21(17-24(18-22)19-23-8-6-14-27-20-23)9-7-15-32(29,30)25-10-4-3-5-11-25/h3-6,8,10-11,14,16-18,20H,2,7,9,12-13,15,19H2,1H3. The van der Waals surface area contributed by atoms with Crippen molar-refractivity contribution in [3.05, 3.63) is 95.3 Å². The van der Waals surface area contributed by atoms with Gasteiger partial charge in [-0.3, -0.25) is 9.78 Å². The van der Waals surface area contributed by atoms with E-state index in [-0.39, 0.29) is 11.7 Å². The average Bonchev–Trinajstić information content (AvgIpc) is 2.79. The molecule has 0 unspecified atom stereocenters. The molecule has 0 N–H and O–H groups in total. The Kier molecular flexibility index (Phi) is 8.56. The minimum absolute atomic E-state index is 0.0992. The van der Waals surface area contributed by atoms with Gasteiger partial charge in [-0.1, -0.05) is 42.5 Å². The SMILES string of the molecule is CCOC(=O)CCc1cc(CCCS(=O)(=O)c2ccccc2)cc(Cc2cccnc2)c1. The molecule has 1 heterocycles. The largest absolute Gasteiger partial charge is 0.466 e. The number of carbonyl (C=O) groups is 1. The molecular formula is C26H29NO4S. The summed E-state index contributed by atoms with van der Waals surface area (Å²) in [5.41, 5.74) is 4.36. The number of pyridine rings is 1. The van der Waals surface area contributed by atoms with Gasteiger partial charge in [0.05, 0.1) is 17.3 Å². The minimum Gasteiger partial charge on any atom is -0.466 e. The van der Waals surface area contributed by atoms with Crippen molar-refractivity contribution < 1.29 is 17.9 Å². The van der Waals surface area contributed by atoms with Crippen LogP contribution < -0.4 is 0 Å². The lowest BCUT2D eigenvalue weighted by molar-refractivity contribution is -0.143. The predicted molar refractivity (Wildman–Crippen MR) is 125 cm³/mol. The Balaban J connectivity index is 1.72. The van der Waals surface area contributed by atoms with Crippen molar-refractivity contribution in [2.75, 3.05) is 12.4 Å². The normalized spacial score (nSPS) is 11.3. The summed E-state index contributed by atoms with van der Waals surface area (Å²) in [4.78, 5) is 16.3. The second-order valence-corrected chi connectivity index (χ2v) is 9.85. The molecular weight excluding hydrogens is 422 g/mol. The molecule has 2 aromatic carbocycles. The number of carbonyl (C=O) groups excluding carboxylic acids is 1. The first-order chi connectivity index (χ1) is 15.5. The van der Waals surface area contributed by atoms with Crippen molar-refractivity contribution in [3.8, 4) is 0 Å². The lowest BCUT2D eigenvalue weighted by Gasteiger charge is -2.11. The Hall–Kier alpha value is -2.99. The predicted octanol–water partition coefficient (Wildman–Crippen LogP) is 4.57. The molecule has 6 heteroatoms. The van der Waals surface area contributed by atoms with E-state index in [9.17, 15) is 13.2 Å². The van der Waals surface area contributed by atoms with Crippen LogP contribution in [0.5, 0.6) is 0 Å². The maximum absolute atomic E-state index is 12.6. The smallest absolute Gasteiger partial charge is 0.306 e. The summed E-state index contributed by atoms with van der Waals surface area (Å²) in [6.45, 7) is 2.18. The van der Waals surface area contributed by atoms with Crippen molar-refractivity contribution in [1.82, 2.24) is 4.98 Å². The minimum atomic E-state index is -3.30. The van der Waals surface area contributed by atoms with Crippen LogP contribution in [0.1, 0.15) is 42.0 Å². The van der Waals surface area contributed by atoms with Gasteiger partial charge >= 0.3 is 5.97 Å². The van der Waals surface area contributed by atoms with E-state index < -0.39 is 9.84 Å². The summed E-state index contributed by atoms with van der Waals surface area (Å²) in [6.07, 6.45) is 6.43. The fourth-order valence-electron chi connectivity index (χ4n) is 3.66. The van der Waals surface area contributed by atoms with Gasteiger partial charge in [-0.05, 0) is 73.1 Å². The molecule has 0 aliphatic rings. The van der Waals surface area contributed by atoms with Gasteiger partial charge in [0, 0.05) is 18.8 Å². The topological polar surface area (TPSA) is 73.3 Å². The van der Waals surface area contributed by atoms with E-state index in [0.717, 1.165) is 28.7 Å². The van der Waals surface area contributed by atoms with Crippen LogP contribution in [-0.2, 0) is 38.6 Å². The fourth-order valence-corrected chi connectivity index (χ4v) is 4.99. The van der Waals surface area contributed by atoms with Gasteiger partial charge in [0.1, 0.15) is 0 Å². The first-order valence-corrected chi connectivity index (χ1v) is 12.6. The molecule has 5 nitrogen and oxygen atoms in total. The average molecular weight is 452 g/mol. The van der Waals surface area contributed by atoms with Crippen LogP contribution in [0.25, 0.3) is 0 Å². The Morgan fingerprint density at radius 3 is 2.31 bits per heavy atom. The number of sulfone groups is 1. The summed E-state index contributed by atoms with van der Waals surface area (Å²) in [5.74, 6) is -0.109. The quantitative estimate of drug-likeness (QED) is 0.399. The van der Waals surface area contributed by atoms with E-state index in [4.69, 9.17) is 4.74 Å². The molecule has 3 aromatic rings. The molecule has 0 aliphatic carbocycles. The molecule has 0 aliphatic heterocycles. The van der Waals surface area contributed by atoms with Crippen LogP contribution in [0.15, 0.2) is 78.0 Å². The van der Waals surface area contributed by atoms with Gasteiger partial charge < -0.3 is 4.74 Å². The van der Waals surface area contributed by atoms with Crippen molar-refractivity contribution in [2.45, 2.75) is 43.9 Å². The number of nitrogens with zero attached hydrogens (tertiary/aromatic N) is 1. The fraction of sp³-hybridized carbons (Fsp3) is 0.308. The molecule has 1 aromatic heterocycles. The summed E-state index contributed by atoms with van der Waals surface area (Å²) >= 11 is 0. The maximum atomic E-state index is 12.6. The van der Waals surface area contributed by atoms with Crippen LogP contribution in [0, 0.1) is 0 Å². The van der Waals surface area contributed by atoms with E-state index in [0.29, 0.717) is 37.2 Å². The zero-order valence-electron chi connectivity index (χ0n) is 18.4. The number of ether oxygens (including phenoxy) is 1. The summed E-state index contributed by atoms with van der Waals surface area (Å²) in [6, 6.07) is 18.8. The van der Waals surface area contributed by atoms with Crippen LogP contribution >= 0.6 is 0 Å². The van der Waals surface area contributed by atoms with Gasteiger partial charge in [0.2, 0.25) is 0 Å². The number of benzene rings is 2.